The van der Waals surface area contributed by atoms with E-state index in [4.69, 9.17) is 11.6 Å². The van der Waals surface area contributed by atoms with Crippen LogP contribution < -0.4 is 5.32 Å². The van der Waals surface area contributed by atoms with E-state index in [0.29, 0.717) is 5.56 Å². The molecule has 5 nitrogen and oxygen atoms in total. The van der Waals surface area contributed by atoms with Crippen molar-refractivity contribution in [3.63, 3.8) is 0 Å². The highest BCUT2D eigenvalue weighted by atomic mass is 35.5. The molecule has 1 aromatic carbocycles. The quantitative estimate of drug-likeness (QED) is 0.895. The Hall–Kier alpha value is -1.34. The third-order valence-electron chi connectivity index (χ3n) is 2.67. The maximum atomic E-state index is 13.3. The van der Waals surface area contributed by atoms with E-state index in [1.54, 1.807) is 13.0 Å². The molecule has 0 heterocycles. The summed E-state index contributed by atoms with van der Waals surface area (Å²) in [4.78, 5) is 13.2. The molecule has 21 heavy (non-hydrogen) atoms. The first kappa shape index (κ1) is 17.7. The number of amides is 2. The van der Waals surface area contributed by atoms with Crippen molar-refractivity contribution in [1.82, 2.24) is 10.2 Å². The zero-order valence-corrected chi connectivity index (χ0v) is 13.6. The minimum atomic E-state index is -3.16. The highest BCUT2D eigenvalue weighted by molar-refractivity contribution is 7.90. The zero-order valence-electron chi connectivity index (χ0n) is 12.1. The zero-order chi connectivity index (χ0) is 16.2. The van der Waals surface area contributed by atoms with Crippen molar-refractivity contribution in [3.05, 3.63) is 34.6 Å². The molecule has 2 amide bonds. The molecule has 1 atom stereocenters. The molecule has 0 aliphatic rings. The number of rotatable bonds is 5. The van der Waals surface area contributed by atoms with Crippen LogP contribution in [0.2, 0.25) is 5.02 Å². The van der Waals surface area contributed by atoms with E-state index in [9.17, 15) is 17.6 Å². The van der Waals surface area contributed by atoms with Crippen LogP contribution in [0.1, 0.15) is 12.5 Å². The summed E-state index contributed by atoms with van der Waals surface area (Å²) in [6.07, 6.45) is 1.11. The maximum Gasteiger partial charge on any atom is 0.317 e. The van der Waals surface area contributed by atoms with E-state index >= 15 is 0 Å². The number of carbonyl (C=O) groups excluding carboxylic acids is 1. The van der Waals surface area contributed by atoms with Gasteiger partial charge >= 0.3 is 6.03 Å². The minimum Gasteiger partial charge on any atom is -0.335 e. The summed E-state index contributed by atoms with van der Waals surface area (Å²) in [5, 5.41) is 2.59. The van der Waals surface area contributed by atoms with Gasteiger partial charge in [-0.25, -0.2) is 17.6 Å². The predicted molar refractivity (Wildman–Crippen MR) is 80.6 cm³/mol. The Labute approximate surface area is 129 Å². The molecule has 0 spiro atoms. The van der Waals surface area contributed by atoms with Crippen molar-refractivity contribution in [2.45, 2.75) is 19.5 Å². The molecular formula is C13H18ClFN2O3S. The normalized spacial score (nSPS) is 12.8. The Balaban J connectivity index is 2.60. The molecule has 0 fully saturated rings. The number of halogens is 2. The molecule has 0 radical (unpaired) electrons. The molecule has 118 valence electrons. The standard InChI is InChI=1S/C13H18ClFN2O3S/c1-9(8-21(3,19)20)16-13(18)17(2)7-10-4-5-11(14)12(15)6-10/h4-6,9H,7-8H2,1-3H3,(H,16,18)/t9-/m1/s1. The number of hydrogen-bond donors (Lipinski definition) is 1. The number of benzene rings is 1. The molecule has 1 rings (SSSR count). The van der Waals surface area contributed by atoms with Crippen LogP contribution in [0.25, 0.3) is 0 Å². The summed E-state index contributed by atoms with van der Waals surface area (Å²) in [5.74, 6) is -0.685. The Kier molecular flexibility index (Phi) is 5.98. The van der Waals surface area contributed by atoms with Gasteiger partial charge < -0.3 is 10.2 Å². The monoisotopic (exact) mass is 336 g/mol. The fourth-order valence-corrected chi connectivity index (χ4v) is 2.91. The van der Waals surface area contributed by atoms with Gasteiger partial charge in [0.15, 0.2) is 0 Å². The largest absolute Gasteiger partial charge is 0.335 e. The van der Waals surface area contributed by atoms with Crippen molar-refractivity contribution in [3.8, 4) is 0 Å². The van der Waals surface area contributed by atoms with E-state index in [1.807, 2.05) is 0 Å². The highest BCUT2D eigenvalue weighted by Gasteiger charge is 2.16. The molecule has 0 saturated heterocycles. The van der Waals surface area contributed by atoms with Crippen LogP contribution in [0, 0.1) is 5.82 Å². The summed E-state index contributed by atoms with van der Waals surface area (Å²) in [6.45, 7) is 1.79. The van der Waals surface area contributed by atoms with Crippen molar-refractivity contribution < 1.29 is 17.6 Å². The Bertz CT molecular complexity index is 622. The summed E-state index contributed by atoms with van der Waals surface area (Å²) in [7, 11) is -1.62. The van der Waals surface area contributed by atoms with Crippen molar-refractivity contribution in [1.29, 1.82) is 0 Å². The van der Waals surface area contributed by atoms with Crippen molar-refractivity contribution in [2.75, 3.05) is 19.1 Å². The topological polar surface area (TPSA) is 66.5 Å². The van der Waals surface area contributed by atoms with Gasteiger partial charge in [-0.2, -0.15) is 0 Å². The number of sulfone groups is 1. The van der Waals surface area contributed by atoms with Crippen LogP contribution in [-0.4, -0.2) is 44.4 Å². The lowest BCUT2D eigenvalue weighted by atomic mass is 10.2. The first-order valence-corrected chi connectivity index (χ1v) is 8.65. The first-order valence-electron chi connectivity index (χ1n) is 6.22. The van der Waals surface area contributed by atoms with Gasteiger partial charge in [0.05, 0.1) is 10.8 Å². The molecule has 0 bridgehead atoms. The molecule has 0 aliphatic carbocycles. The van der Waals surface area contributed by atoms with Crippen LogP contribution in [0.15, 0.2) is 18.2 Å². The summed E-state index contributed by atoms with van der Waals surface area (Å²) in [5.41, 5.74) is 0.588. The van der Waals surface area contributed by atoms with Gasteiger partial charge in [-0.3, -0.25) is 0 Å². The Morgan fingerprint density at radius 2 is 2.10 bits per heavy atom. The minimum absolute atomic E-state index is 0.0210. The van der Waals surface area contributed by atoms with Crippen LogP contribution in [0.3, 0.4) is 0 Å². The average molecular weight is 337 g/mol. The van der Waals surface area contributed by atoms with E-state index in [2.05, 4.69) is 5.32 Å². The fourth-order valence-electron chi connectivity index (χ4n) is 1.80. The predicted octanol–water partition coefficient (Wildman–Crippen LogP) is 2.05. The van der Waals surface area contributed by atoms with E-state index in [0.717, 1.165) is 6.26 Å². The molecule has 0 aromatic heterocycles. The fraction of sp³-hybridized carbons (Fsp3) is 0.462. The number of carbonyl (C=O) groups is 1. The van der Waals surface area contributed by atoms with Gasteiger partial charge in [-0.05, 0) is 24.6 Å². The van der Waals surface area contributed by atoms with Gasteiger partial charge in [-0.15, -0.1) is 0 Å². The lowest BCUT2D eigenvalue weighted by Crippen LogP contribution is -2.44. The van der Waals surface area contributed by atoms with Gasteiger partial charge in [0.1, 0.15) is 15.7 Å². The Morgan fingerprint density at radius 3 is 2.62 bits per heavy atom. The van der Waals surface area contributed by atoms with Crippen LogP contribution in [0.5, 0.6) is 0 Å². The number of urea groups is 1. The second-order valence-corrected chi connectivity index (χ2v) is 7.64. The van der Waals surface area contributed by atoms with E-state index < -0.39 is 27.7 Å². The highest BCUT2D eigenvalue weighted by Crippen LogP contribution is 2.16. The Morgan fingerprint density at radius 1 is 1.48 bits per heavy atom. The molecule has 0 aliphatic heterocycles. The van der Waals surface area contributed by atoms with Crippen LogP contribution in [0.4, 0.5) is 9.18 Å². The summed E-state index contributed by atoms with van der Waals surface area (Å²) < 4.78 is 35.6. The van der Waals surface area contributed by atoms with Crippen LogP contribution >= 0.6 is 11.6 Å². The molecule has 8 heteroatoms. The summed E-state index contributed by atoms with van der Waals surface area (Å²) >= 11 is 5.59. The van der Waals surface area contributed by atoms with Gasteiger partial charge in [-0.1, -0.05) is 17.7 Å². The molecular weight excluding hydrogens is 319 g/mol. The smallest absolute Gasteiger partial charge is 0.317 e. The van der Waals surface area contributed by atoms with Gasteiger partial charge in [0.25, 0.3) is 0 Å². The third kappa shape index (κ3) is 6.31. The second-order valence-electron chi connectivity index (χ2n) is 5.05. The van der Waals surface area contributed by atoms with Crippen molar-refractivity contribution >= 4 is 27.5 Å². The SMILES string of the molecule is C[C@H](CS(C)(=O)=O)NC(=O)N(C)Cc1ccc(Cl)c(F)c1. The lowest BCUT2D eigenvalue weighted by Gasteiger charge is -2.21. The number of nitrogens with zero attached hydrogens (tertiary/aromatic N) is 1. The van der Waals surface area contributed by atoms with Crippen molar-refractivity contribution in [2.24, 2.45) is 0 Å². The maximum absolute atomic E-state index is 13.3. The summed E-state index contributed by atoms with van der Waals surface area (Å²) in [6, 6.07) is 3.37. The third-order valence-corrected chi connectivity index (χ3v) is 4.09. The molecule has 1 aromatic rings. The number of hydrogen-bond acceptors (Lipinski definition) is 3. The lowest BCUT2D eigenvalue weighted by molar-refractivity contribution is 0.204. The first-order chi connectivity index (χ1) is 9.58. The molecule has 1 N–H and O–H groups in total. The second kappa shape index (κ2) is 7.09. The van der Waals surface area contributed by atoms with E-state index in [1.165, 1.54) is 24.1 Å². The number of nitrogens with one attached hydrogen (secondary N) is 1. The van der Waals surface area contributed by atoms with E-state index in [-0.39, 0.29) is 17.3 Å². The van der Waals surface area contributed by atoms with Crippen LogP contribution in [-0.2, 0) is 16.4 Å². The average Bonchev–Trinajstić information content (AvgIpc) is 2.31. The molecule has 0 saturated carbocycles. The van der Waals surface area contributed by atoms with Gasteiger partial charge in [0.2, 0.25) is 0 Å². The molecule has 0 unspecified atom stereocenters. The van der Waals surface area contributed by atoms with Gasteiger partial charge in [0, 0.05) is 25.9 Å².